The molecule has 1 heterocycles. The van der Waals surface area contributed by atoms with Crippen molar-refractivity contribution in [2.45, 2.75) is 51.0 Å². The Morgan fingerprint density at radius 1 is 1.17 bits per heavy atom. The molecule has 2 saturated carbocycles. The Hall–Kier alpha value is -1.40. The van der Waals surface area contributed by atoms with Crippen molar-refractivity contribution in [1.82, 2.24) is 5.32 Å². The van der Waals surface area contributed by atoms with Gasteiger partial charge in [0, 0.05) is 23.4 Å². The van der Waals surface area contributed by atoms with Crippen LogP contribution in [0.3, 0.4) is 0 Å². The first-order chi connectivity index (χ1) is 11.1. The number of amides is 2. The molecule has 0 aliphatic heterocycles. The number of fused-ring (bicyclic) bond motifs is 1. The lowest BCUT2D eigenvalue weighted by Crippen LogP contribution is -2.31. The maximum Gasteiger partial charge on any atom is 0.254 e. The molecule has 0 bridgehead atoms. The first kappa shape index (κ1) is 15.1. The SMILES string of the molecule is N[C@@H]1CCc2sc(NC(=O)C3CC3)c(C(=O)NCC3CC3)c2C1. The number of rotatable bonds is 5. The van der Waals surface area contributed by atoms with Crippen molar-refractivity contribution in [3.05, 3.63) is 16.0 Å². The monoisotopic (exact) mass is 333 g/mol. The van der Waals surface area contributed by atoms with Crippen molar-refractivity contribution < 1.29 is 9.59 Å². The number of hydrogen-bond donors (Lipinski definition) is 3. The van der Waals surface area contributed by atoms with Crippen molar-refractivity contribution >= 4 is 28.2 Å². The zero-order valence-electron chi connectivity index (χ0n) is 13.2. The molecule has 1 aromatic heterocycles. The highest BCUT2D eigenvalue weighted by Crippen LogP contribution is 2.39. The van der Waals surface area contributed by atoms with Gasteiger partial charge in [-0.2, -0.15) is 0 Å². The van der Waals surface area contributed by atoms with E-state index in [9.17, 15) is 9.59 Å². The van der Waals surface area contributed by atoms with Gasteiger partial charge in [0.25, 0.3) is 5.91 Å². The molecule has 3 aliphatic carbocycles. The maximum absolute atomic E-state index is 12.7. The van der Waals surface area contributed by atoms with Crippen LogP contribution in [-0.2, 0) is 17.6 Å². The van der Waals surface area contributed by atoms with E-state index in [0.717, 1.165) is 49.2 Å². The third-order valence-electron chi connectivity index (χ3n) is 4.96. The highest BCUT2D eigenvalue weighted by molar-refractivity contribution is 7.17. The molecule has 2 amide bonds. The molecule has 4 rings (SSSR count). The minimum Gasteiger partial charge on any atom is -0.352 e. The molecule has 6 heteroatoms. The average molecular weight is 333 g/mol. The highest BCUT2D eigenvalue weighted by Gasteiger charge is 2.33. The summed E-state index contributed by atoms with van der Waals surface area (Å²) in [6.07, 6.45) is 6.93. The third kappa shape index (κ3) is 3.28. The van der Waals surface area contributed by atoms with Crippen LogP contribution in [0.4, 0.5) is 5.00 Å². The van der Waals surface area contributed by atoms with Crippen molar-refractivity contribution in [3.63, 3.8) is 0 Å². The first-order valence-electron chi connectivity index (χ1n) is 8.61. The Labute approximate surface area is 140 Å². The summed E-state index contributed by atoms with van der Waals surface area (Å²) in [6.45, 7) is 0.742. The fraction of sp³-hybridized carbons (Fsp3) is 0.647. The first-order valence-corrected chi connectivity index (χ1v) is 9.42. The van der Waals surface area contributed by atoms with Crippen LogP contribution in [0.2, 0.25) is 0 Å². The topological polar surface area (TPSA) is 84.2 Å². The van der Waals surface area contributed by atoms with Crippen molar-refractivity contribution in [1.29, 1.82) is 0 Å². The van der Waals surface area contributed by atoms with Gasteiger partial charge < -0.3 is 16.4 Å². The number of carbonyl (C=O) groups is 2. The smallest absolute Gasteiger partial charge is 0.254 e. The molecule has 1 aromatic rings. The van der Waals surface area contributed by atoms with Crippen molar-refractivity contribution in [2.75, 3.05) is 11.9 Å². The number of nitrogens with two attached hydrogens (primary N) is 1. The van der Waals surface area contributed by atoms with Gasteiger partial charge in [-0.25, -0.2) is 0 Å². The van der Waals surface area contributed by atoms with Gasteiger partial charge in [0.1, 0.15) is 5.00 Å². The molecule has 4 N–H and O–H groups in total. The Balaban J connectivity index is 1.60. The van der Waals surface area contributed by atoms with E-state index < -0.39 is 0 Å². The zero-order chi connectivity index (χ0) is 16.0. The zero-order valence-corrected chi connectivity index (χ0v) is 14.0. The van der Waals surface area contributed by atoms with Crippen LogP contribution in [0, 0.1) is 11.8 Å². The number of aryl methyl sites for hydroxylation is 1. The Bertz CT molecular complexity index is 647. The number of hydrogen-bond acceptors (Lipinski definition) is 4. The van der Waals surface area contributed by atoms with Crippen LogP contribution in [0.1, 0.15) is 52.9 Å². The molecule has 23 heavy (non-hydrogen) atoms. The summed E-state index contributed by atoms with van der Waals surface area (Å²) in [7, 11) is 0. The van der Waals surface area contributed by atoms with Gasteiger partial charge in [-0.05, 0) is 56.4 Å². The summed E-state index contributed by atoms with van der Waals surface area (Å²) in [6, 6.07) is 0.110. The number of thiophene rings is 1. The van der Waals surface area contributed by atoms with Gasteiger partial charge >= 0.3 is 0 Å². The van der Waals surface area contributed by atoms with Gasteiger partial charge in [0.15, 0.2) is 0 Å². The predicted molar refractivity (Wildman–Crippen MR) is 90.7 cm³/mol. The molecule has 124 valence electrons. The third-order valence-corrected chi connectivity index (χ3v) is 6.17. The highest BCUT2D eigenvalue weighted by atomic mass is 32.1. The maximum atomic E-state index is 12.7. The van der Waals surface area contributed by atoms with Gasteiger partial charge in [0.05, 0.1) is 5.56 Å². The molecule has 1 atom stereocenters. The molecular weight excluding hydrogens is 310 g/mol. The van der Waals surface area contributed by atoms with E-state index in [-0.39, 0.29) is 23.8 Å². The van der Waals surface area contributed by atoms with E-state index in [2.05, 4.69) is 10.6 Å². The second-order valence-corrected chi connectivity index (χ2v) is 8.23. The fourth-order valence-electron chi connectivity index (χ4n) is 3.15. The summed E-state index contributed by atoms with van der Waals surface area (Å²) in [5.74, 6) is 0.790. The largest absolute Gasteiger partial charge is 0.352 e. The molecule has 0 spiro atoms. The second-order valence-electron chi connectivity index (χ2n) is 7.13. The van der Waals surface area contributed by atoms with E-state index in [1.165, 1.54) is 17.7 Å². The Morgan fingerprint density at radius 3 is 2.65 bits per heavy atom. The molecule has 0 aromatic carbocycles. The van der Waals surface area contributed by atoms with E-state index in [1.807, 2.05) is 0 Å². The normalized spacial score (nSPS) is 23.3. The van der Waals surface area contributed by atoms with Crippen LogP contribution in [0.5, 0.6) is 0 Å². The second kappa shape index (κ2) is 5.91. The van der Waals surface area contributed by atoms with Gasteiger partial charge in [0.2, 0.25) is 5.91 Å². The average Bonchev–Trinajstić information content (AvgIpc) is 3.42. The number of carbonyl (C=O) groups excluding carboxylic acids is 2. The van der Waals surface area contributed by atoms with E-state index in [0.29, 0.717) is 11.5 Å². The van der Waals surface area contributed by atoms with E-state index in [4.69, 9.17) is 5.73 Å². The molecule has 3 aliphatic rings. The lowest BCUT2D eigenvalue weighted by Gasteiger charge is -2.19. The molecule has 5 nitrogen and oxygen atoms in total. The molecular formula is C17H23N3O2S. The Kier molecular flexibility index (Phi) is 3.89. The predicted octanol–water partition coefficient (Wildman–Crippen LogP) is 2.05. The molecule has 0 unspecified atom stereocenters. The van der Waals surface area contributed by atoms with Crippen LogP contribution in [0.25, 0.3) is 0 Å². The van der Waals surface area contributed by atoms with Gasteiger partial charge in [-0.3, -0.25) is 9.59 Å². The molecule has 0 radical (unpaired) electrons. The van der Waals surface area contributed by atoms with Crippen LogP contribution >= 0.6 is 11.3 Å². The summed E-state index contributed by atoms with van der Waals surface area (Å²) in [4.78, 5) is 26.1. The summed E-state index contributed by atoms with van der Waals surface area (Å²) in [5, 5.41) is 6.78. The van der Waals surface area contributed by atoms with E-state index in [1.54, 1.807) is 11.3 Å². The molecule has 0 saturated heterocycles. The van der Waals surface area contributed by atoms with Gasteiger partial charge in [-0.1, -0.05) is 0 Å². The van der Waals surface area contributed by atoms with Gasteiger partial charge in [-0.15, -0.1) is 11.3 Å². The number of nitrogens with one attached hydrogen (secondary N) is 2. The molecule has 2 fully saturated rings. The van der Waals surface area contributed by atoms with Crippen LogP contribution < -0.4 is 16.4 Å². The summed E-state index contributed by atoms with van der Waals surface area (Å²) >= 11 is 1.57. The van der Waals surface area contributed by atoms with Crippen LogP contribution in [0.15, 0.2) is 0 Å². The van der Waals surface area contributed by atoms with Crippen molar-refractivity contribution in [2.24, 2.45) is 17.6 Å². The number of anilines is 1. The minimum atomic E-state index is -0.0467. The van der Waals surface area contributed by atoms with E-state index >= 15 is 0 Å². The standard InChI is InChI=1S/C17H23N3O2S/c18-11-5-6-13-12(7-11)14(16(22)19-8-9-1-2-9)17(23-13)20-15(21)10-3-4-10/h9-11H,1-8,18H2,(H,19,22)(H,20,21)/t11-/m1/s1. The summed E-state index contributed by atoms with van der Waals surface area (Å²) < 4.78 is 0. The lowest BCUT2D eigenvalue weighted by atomic mass is 9.91. The lowest BCUT2D eigenvalue weighted by molar-refractivity contribution is -0.117. The van der Waals surface area contributed by atoms with Crippen LogP contribution in [-0.4, -0.2) is 24.4 Å². The Morgan fingerprint density at radius 2 is 1.96 bits per heavy atom. The summed E-state index contributed by atoms with van der Waals surface area (Å²) in [5.41, 5.74) is 7.84. The van der Waals surface area contributed by atoms with Crippen molar-refractivity contribution in [3.8, 4) is 0 Å². The minimum absolute atomic E-state index is 0.0467. The fourth-order valence-corrected chi connectivity index (χ4v) is 4.39. The quantitative estimate of drug-likeness (QED) is 0.771.